The van der Waals surface area contributed by atoms with Crippen LogP contribution < -0.4 is 10.1 Å². The first-order valence-electron chi connectivity index (χ1n) is 6.69. The molecule has 1 unspecified atom stereocenters. The van der Waals surface area contributed by atoms with Gasteiger partial charge in [-0.25, -0.2) is 0 Å². The summed E-state index contributed by atoms with van der Waals surface area (Å²) in [6.07, 6.45) is 0.590. The van der Waals surface area contributed by atoms with E-state index in [1.165, 1.54) is 0 Å². The van der Waals surface area contributed by atoms with Crippen LogP contribution in [0.15, 0.2) is 24.3 Å². The summed E-state index contributed by atoms with van der Waals surface area (Å²) in [6.45, 7) is 2.05. The van der Waals surface area contributed by atoms with E-state index in [0.29, 0.717) is 30.7 Å². The molecule has 1 atom stereocenters. The van der Waals surface area contributed by atoms with Gasteiger partial charge in [0.2, 0.25) is 0 Å². The molecule has 1 aromatic carbocycles. The third-order valence-electron chi connectivity index (χ3n) is 2.78. The fraction of sp³-hybridized carbons (Fsp3) is 0.400. The van der Waals surface area contributed by atoms with E-state index in [2.05, 4.69) is 5.32 Å². The monoisotopic (exact) mass is 290 g/mol. The van der Waals surface area contributed by atoms with Crippen molar-refractivity contribution in [3.63, 3.8) is 0 Å². The summed E-state index contributed by atoms with van der Waals surface area (Å²) < 4.78 is 5.46. The van der Waals surface area contributed by atoms with E-state index in [0.717, 1.165) is 0 Å². The Bertz CT molecular complexity index is 519. The van der Waals surface area contributed by atoms with Gasteiger partial charge in [-0.2, -0.15) is 5.26 Å². The zero-order valence-electron chi connectivity index (χ0n) is 11.8. The van der Waals surface area contributed by atoms with Gasteiger partial charge in [0, 0.05) is 13.0 Å². The molecule has 0 bridgehead atoms. The Hall–Kier alpha value is -2.55. The van der Waals surface area contributed by atoms with Gasteiger partial charge in [0.15, 0.2) is 6.10 Å². The Labute approximate surface area is 123 Å². The number of carboxylic acid groups (broad SMARTS) is 1. The molecule has 2 N–H and O–H groups in total. The van der Waals surface area contributed by atoms with E-state index in [9.17, 15) is 9.59 Å². The van der Waals surface area contributed by atoms with E-state index in [1.807, 2.05) is 6.07 Å². The quantitative estimate of drug-likeness (QED) is 0.710. The molecule has 0 saturated carbocycles. The number of benzene rings is 1. The lowest BCUT2D eigenvalue weighted by Crippen LogP contribution is -2.36. The zero-order valence-corrected chi connectivity index (χ0v) is 11.8. The molecule has 1 rings (SSSR count). The lowest BCUT2D eigenvalue weighted by atomic mass is 10.2. The average molecular weight is 290 g/mol. The number of aliphatic carboxylic acids is 1. The number of hydrogen-bond acceptors (Lipinski definition) is 4. The van der Waals surface area contributed by atoms with Crippen LogP contribution in [0.4, 0.5) is 0 Å². The molecule has 0 saturated heterocycles. The molecule has 0 fully saturated rings. The van der Waals surface area contributed by atoms with Crippen LogP contribution in [0.2, 0.25) is 0 Å². The Morgan fingerprint density at radius 2 is 2.00 bits per heavy atom. The molecule has 0 aliphatic rings. The number of nitrogens with zero attached hydrogens (tertiary/aromatic N) is 1. The number of carbonyl (C=O) groups excluding carboxylic acids is 1. The van der Waals surface area contributed by atoms with Gasteiger partial charge in [-0.15, -0.1) is 0 Å². The van der Waals surface area contributed by atoms with E-state index in [-0.39, 0.29) is 12.3 Å². The largest absolute Gasteiger partial charge is 0.481 e. The number of unbranched alkanes of at least 4 members (excludes halogenated alkanes) is 1. The summed E-state index contributed by atoms with van der Waals surface area (Å²) in [5.74, 6) is -0.573. The van der Waals surface area contributed by atoms with Crippen LogP contribution in [0.25, 0.3) is 0 Å². The van der Waals surface area contributed by atoms with Crippen molar-refractivity contribution in [2.24, 2.45) is 0 Å². The molecule has 1 amide bonds. The molecule has 1 aromatic rings. The SMILES string of the molecule is CC(Oc1ccc(C#N)cc1)C(=O)NCCCCC(=O)O. The summed E-state index contributed by atoms with van der Waals surface area (Å²) in [5, 5.41) is 19.9. The molecule has 0 aromatic heterocycles. The molecule has 112 valence electrons. The number of rotatable bonds is 8. The minimum Gasteiger partial charge on any atom is -0.481 e. The minimum absolute atomic E-state index is 0.104. The van der Waals surface area contributed by atoms with Crippen molar-refractivity contribution in [1.29, 1.82) is 5.26 Å². The van der Waals surface area contributed by atoms with E-state index < -0.39 is 12.1 Å². The first-order valence-corrected chi connectivity index (χ1v) is 6.69. The van der Waals surface area contributed by atoms with Crippen LogP contribution in [0.3, 0.4) is 0 Å². The summed E-state index contributed by atoms with van der Waals surface area (Å²) in [7, 11) is 0. The van der Waals surface area contributed by atoms with E-state index in [4.69, 9.17) is 15.1 Å². The number of hydrogen-bond donors (Lipinski definition) is 2. The average Bonchev–Trinajstić information content (AvgIpc) is 2.47. The van der Waals surface area contributed by atoms with Crippen LogP contribution in [-0.4, -0.2) is 29.6 Å². The first-order chi connectivity index (χ1) is 10.0. The molecule has 0 aliphatic heterocycles. The lowest BCUT2D eigenvalue weighted by Gasteiger charge is -2.14. The number of amides is 1. The second kappa shape index (κ2) is 8.59. The van der Waals surface area contributed by atoms with Gasteiger partial charge in [0.25, 0.3) is 5.91 Å². The zero-order chi connectivity index (χ0) is 15.7. The number of nitrogens with one attached hydrogen (secondary N) is 1. The third kappa shape index (κ3) is 6.43. The van der Waals surface area contributed by atoms with Crippen molar-refractivity contribution in [3.8, 4) is 11.8 Å². The predicted molar refractivity (Wildman–Crippen MR) is 75.7 cm³/mol. The number of carbonyl (C=O) groups is 2. The maximum atomic E-state index is 11.8. The van der Waals surface area contributed by atoms with Crippen LogP contribution >= 0.6 is 0 Å². The number of ether oxygens (including phenoxy) is 1. The van der Waals surface area contributed by atoms with Crippen LogP contribution in [-0.2, 0) is 9.59 Å². The smallest absolute Gasteiger partial charge is 0.303 e. The van der Waals surface area contributed by atoms with Gasteiger partial charge in [0.05, 0.1) is 11.6 Å². The molecular formula is C15H18N2O4. The molecule has 0 spiro atoms. The van der Waals surface area contributed by atoms with Gasteiger partial charge in [-0.3, -0.25) is 9.59 Å². The van der Waals surface area contributed by atoms with Gasteiger partial charge in [-0.1, -0.05) is 0 Å². The summed E-state index contributed by atoms with van der Waals surface area (Å²) >= 11 is 0. The molecule has 6 nitrogen and oxygen atoms in total. The predicted octanol–water partition coefficient (Wildman–Crippen LogP) is 1.70. The van der Waals surface area contributed by atoms with Gasteiger partial charge < -0.3 is 15.2 Å². The van der Waals surface area contributed by atoms with Crippen LogP contribution in [0.1, 0.15) is 31.7 Å². The second-order valence-corrected chi connectivity index (χ2v) is 4.54. The molecule has 21 heavy (non-hydrogen) atoms. The van der Waals surface area contributed by atoms with Crippen molar-refractivity contribution in [3.05, 3.63) is 29.8 Å². The molecule has 0 aliphatic carbocycles. The normalized spacial score (nSPS) is 11.2. The highest BCUT2D eigenvalue weighted by Crippen LogP contribution is 2.13. The maximum Gasteiger partial charge on any atom is 0.303 e. The van der Waals surface area contributed by atoms with Gasteiger partial charge in [0.1, 0.15) is 5.75 Å². The topological polar surface area (TPSA) is 99.4 Å². The van der Waals surface area contributed by atoms with E-state index in [1.54, 1.807) is 31.2 Å². The molecule has 6 heteroatoms. The van der Waals surface area contributed by atoms with Crippen molar-refractivity contribution in [2.75, 3.05) is 6.54 Å². The summed E-state index contributed by atoms with van der Waals surface area (Å²) in [4.78, 5) is 22.1. The molecule has 0 heterocycles. The minimum atomic E-state index is -0.834. The highest BCUT2D eigenvalue weighted by Gasteiger charge is 2.13. The molecule has 0 radical (unpaired) electrons. The van der Waals surface area contributed by atoms with Crippen LogP contribution in [0.5, 0.6) is 5.75 Å². The Morgan fingerprint density at radius 1 is 1.33 bits per heavy atom. The Kier molecular flexibility index (Phi) is 6.75. The highest BCUT2D eigenvalue weighted by molar-refractivity contribution is 5.80. The Balaban J connectivity index is 2.30. The summed E-state index contributed by atoms with van der Waals surface area (Å²) in [5.41, 5.74) is 0.526. The van der Waals surface area contributed by atoms with E-state index >= 15 is 0 Å². The van der Waals surface area contributed by atoms with Gasteiger partial charge >= 0.3 is 5.97 Å². The second-order valence-electron chi connectivity index (χ2n) is 4.54. The van der Waals surface area contributed by atoms with Crippen molar-refractivity contribution < 1.29 is 19.4 Å². The van der Waals surface area contributed by atoms with Gasteiger partial charge in [-0.05, 0) is 44.0 Å². The fourth-order valence-electron chi connectivity index (χ4n) is 1.62. The fourth-order valence-corrected chi connectivity index (χ4v) is 1.62. The standard InChI is InChI=1S/C15H18N2O4/c1-11(15(20)17-9-3-2-4-14(18)19)21-13-7-5-12(10-16)6-8-13/h5-8,11H,2-4,9H2,1H3,(H,17,20)(H,18,19). The summed E-state index contributed by atoms with van der Waals surface area (Å²) in [6, 6.07) is 8.50. The van der Waals surface area contributed by atoms with Crippen molar-refractivity contribution >= 4 is 11.9 Å². The maximum absolute atomic E-state index is 11.8. The number of carboxylic acids is 1. The number of nitriles is 1. The third-order valence-corrected chi connectivity index (χ3v) is 2.78. The van der Waals surface area contributed by atoms with Crippen molar-refractivity contribution in [1.82, 2.24) is 5.32 Å². The van der Waals surface area contributed by atoms with Crippen LogP contribution in [0, 0.1) is 11.3 Å². The van der Waals surface area contributed by atoms with Crippen molar-refractivity contribution in [2.45, 2.75) is 32.3 Å². The lowest BCUT2D eigenvalue weighted by molar-refractivity contribution is -0.137. The first kappa shape index (κ1) is 16.5. The molecular weight excluding hydrogens is 272 g/mol. The highest BCUT2D eigenvalue weighted by atomic mass is 16.5. The Morgan fingerprint density at radius 3 is 2.57 bits per heavy atom.